The van der Waals surface area contributed by atoms with Crippen molar-refractivity contribution in [3.05, 3.63) is 83.4 Å². The van der Waals surface area contributed by atoms with Gasteiger partial charge in [-0.2, -0.15) is 0 Å². The van der Waals surface area contributed by atoms with Crippen LogP contribution < -0.4 is 5.56 Å². The molecule has 0 radical (unpaired) electrons. The predicted octanol–water partition coefficient (Wildman–Crippen LogP) is 3.84. The van der Waals surface area contributed by atoms with Crippen LogP contribution in [0.1, 0.15) is 0 Å². The number of H-pyrrole nitrogens is 1. The van der Waals surface area contributed by atoms with E-state index in [4.69, 9.17) is 0 Å². The first kappa shape index (κ1) is 13.8. The Balaban J connectivity index is 1.67. The minimum atomic E-state index is -0.113. The standard InChI is InChI=1S/C18H13N3OS/c22-17-10-11-19-18-16(12-20-21(17)18)13-6-8-15(9-7-13)23-14-4-2-1-3-5-14/h1-12,20H. The Hall–Kier alpha value is -2.79. The maximum atomic E-state index is 11.8. The zero-order chi connectivity index (χ0) is 15.6. The van der Waals surface area contributed by atoms with E-state index in [0.29, 0.717) is 5.65 Å². The molecule has 2 aromatic heterocycles. The molecule has 112 valence electrons. The lowest BCUT2D eigenvalue weighted by Gasteiger charge is -2.03. The molecule has 0 fully saturated rings. The van der Waals surface area contributed by atoms with Gasteiger partial charge >= 0.3 is 0 Å². The van der Waals surface area contributed by atoms with Crippen LogP contribution in [0.5, 0.6) is 0 Å². The summed E-state index contributed by atoms with van der Waals surface area (Å²) in [6.07, 6.45) is 3.34. The monoisotopic (exact) mass is 319 g/mol. The third-order valence-electron chi connectivity index (χ3n) is 3.57. The Bertz CT molecular complexity index is 1000. The molecule has 4 aromatic rings. The van der Waals surface area contributed by atoms with Crippen molar-refractivity contribution in [3.63, 3.8) is 0 Å². The lowest BCUT2D eigenvalue weighted by Crippen LogP contribution is -2.12. The van der Waals surface area contributed by atoms with E-state index in [1.54, 1.807) is 11.8 Å². The highest BCUT2D eigenvalue weighted by Crippen LogP contribution is 2.30. The molecule has 0 saturated heterocycles. The molecule has 0 bridgehead atoms. The first-order chi connectivity index (χ1) is 11.3. The molecule has 0 amide bonds. The molecular weight excluding hydrogens is 306 g/mol. The smallest absolute Gasteiger partial charge is 0.272 e. The zero-order valence-corrected chi connectivity index (χ0v) is 13.0. The van der Waals surface area contributed by atoms with E-state index in [1.807, 2.05) is 36.5 Å². The van der Waals surface area contributed by atoms with Gasteiger partial charge in [0.15, 0.2) is 5.65 Å². The third-order valence-corrected chi connectivity index (χ3v) is 4.58. The maximum Gasteiger partial charge on any atom is 0.272 e. The average Bonchev–Trinajstić information content (AvgIpc) is 3.02. The number of nitrogens with zero attached hydrogens (tertiary/aromatic N) is 2. The molecule has 5 heteroatoms. The second kappa shape index (κ2) is 5.78. The van der Waals surface area contributed by atoms with Crippen LogP contribution in [0.25, 0.3) is 16.8 Å². The van der Waals surface area contributed by atoms with Crippen LogP contribution in [0.3, 0.4) is 0 Å². The normalized spacial score (nSPS) is 11.0. The molecule has 4 nitrogen and oxygen atoms in total. The van der Waals surface area contributed by atoms with E-state index in [2.05, 4.69) is 34.3 Å². The first-order valence-electron chi connectivity index (χ1n) is 7.20. The summed E-state index contributed by atoms with van der Waals surface area (Å²) in [5.41, 5.74) is 2.47. The van der Waals surface area contributed by atoms with Crippen LogP contribution in [0.4, 0.5) is 0 Å². The Morgan fingerprint density at radius 3 is 2.43 bits per heavy atom. The van der Waals surface area contributed by atoms with Gasteiger partial charge in [0, 0.05) is 33.8 Å². The number of aromatic amines is 1. The highest BCUT2D eigenvalue weighted by atomic mass is 32.2. The fourth-order valence-electron chi connectivity index (χ4n) is 2.46. The molecular formula is C18H13N3OS. The summed E-state index contributed by atoms with van der Waals surface area (Å²) in [6, 6.07) is 20.0. The Morgan fingerprint density at radius 1 is 0.913 bits per heavy atom. The van der Waals surface area contributed by atoms with Gasteiger partial charge in [0.2, 0.25) is 0 Å². The maximum absolute atomic E-state index is 11.8. The Labute approximate surface area is 136 Å². The fourth-order valence-corrected chi connectivity index (χ4v) is 3.29. The number of fused-ring (bicyclic) bond motifs is 1. The second-order valence-corrected chi connectivity index (χ2v) is 6.22. The lowest BCUT2D eigenvalue weighted by molar-refractivity contribution is 0.899. The summed E-state index contributed by atoms with van der Waals surface area (Å²) in [7, 11) is 0. The molecule has 0 aliphatic rings. The van der Waals surface area contributed by atoms with E-state index in [9.17, 15) is 4.79 Å². The number of hydrogen-bond acceptors (Lipinski definition) is 3. The van der Waals surface area contributed by atoms with E-state index in [-0.39, 0.29) is 5.56 Å². The van der Waals surface area contributed by atoms with Crippen molar-refractivity contribution in [3.8, 4) is 11.1 Å². The summed E-state index contributed by atoms with van der Waals surface area (Å²) in [4.78, 5) is 18.4. The van der Waals surface area contributed by atoms with Crippen LogP contribution in [0, 0.1) is 0 Å². The van der Waals surface area contributed by atoms with Crippen molar-refractivity contribution < 1.29 is 0 Å². The van der Waals surface area contributed by atoms with Gasteiger partial charge in [-0.15, -0.1) is 0 Å². The predicted molar refractivity (Wildman–Crippen MR) is 91.8 cm³/mol. The largest absolute Gasteiger partial charge is 0.296 e. The van der Waals surface area contributed by atoms with Crippen molar-refractivity contribution >= 4 is 17.4 Å². The van der Waals surface area contributed by atoms with E-state index in [0.717, 1.165) is 11.1 Å². The van der Waals surface area contributed by atoms with Crippen molar-refractivity contribution in [1.29, 1.82) is 0 Å². The number of rotatable bonds is 3. The summed E-state index contributed by atoms with van der Waals surface area (Å²) in [5, 5.41) is 2.95. The van der Waals surface area contributed by atoms with E-state index in [1.165, 1.54) is 26.6 Å². The Kier molecular flexibility index (Phi) is 3.48. The molecule has 4 rings (SSSR count). The molecule has 0 aliphatic heterocycles. The number of nitrogens with one attached hydrogen (secondary N) is 1. The number of hydrogen-bond donors (Lipinski definition) is 1. The molecule has 1 N–H and O–H groups in total. The van der Waals surface area contributed by atoms with Gasteiger partial charge in [0.05, 0.1) is 0 Å². The summed E-state index contributed by atoms with van der Waals surface area (Å²) in [5.74, 6) is 0. The van der Waals surface area contributed by atoms with Crippen molar-refractivity contribution in [2.24, 2.45) is 0 Å². The fraction of sp³-hybridized carbons (Fsp3) is 0. The average molecular weight is 319 g/mol. The number of aromatic nitrogens is 3. The molecule has 23 heavy (non-hydrogen) atoms. The van der Waals surface area contributed by atoms with Gasteiger partial charge in [0.25, 0.3) is 5.56 Å². The highest BCUT2D eigenvalue weighted by Gasteiger charge is 2.08. The molecule has 0 spiro atoms. The SMILES string of the molecule is O=c1ccnc2c(-c3ccc(Sc4ccccc4)cc3)c[nH]n12. The molecule has 0 saturated carbocycles. The molecule has 0 unspecified atom stereocenters. The minimum absolute atomic E-state index is 0.113. The van der Waals surface area contributed by atoms with Crippen molar-refractivity contribution in [1.82, 2.24) is 14.6 Å². The van der Waals surface area contributed by atoms with Gasteiger partial charge in [0.1, 0.15) is 0 Å². The van der Waals surface area contributed by atoms with Crippen molar-refractivity contribution in [2.45, 2.75) is 9.79 Å². The topological polar surface area (TPSA) is 50.2 Å². The van der Waals surface area contributed by atoms with Crippen LogP contribution >= 0.6 is 11.8 Å². The zero-order valence-electron chi connectivity index (χ0n) is 12.1. The highest BCUT2D eigenvalue weighted by molar-refractivity contribution is 7.99. The molecule has 0 aliphatic carbocycles. The van der Waals surface area contributed by atoms with Crippen LogP contribution in [-0.2, 0) is 0 Å². The molecule has 2 heterocycles. The minimum Gasteiger partial charge on any atom is -0.296 e. The molecule has 2 aromatic carbocycles. The summed E-state index contributed by atoms with van der Waals surface area (Å²) >= 11 is 1.72. The lowest BCUT2D eigenvalue weighted by atomic mass is 10.1. The number of benzene rings is 2. The quantitative estimate of drug-likeness (QED) is 0.624. The summed E-state index contributed by atoms with van der Waals surface area (Å²) < 4.78 is 1.45. The van der Waals surface area contributed by atoms with E-state index < -0.39 is 0 Å². The van der Waals surface area contributed by atoms with Gasteiger partial charge < -0.3 is 0 Å². The summed E-state index contributed by atoms with van der Waals surface area (Å²) in [6.45, 7) is 0. The van der Waals surface area contributed by atoms with Gasteiger partial charge in [-0.25, -0.2) is 9.50 Å². The van der Waals surface area contributed by atoms with E-state index >= 15 is 0 Å². The van der Waals surface area contributed by atoms with Crippen molar-refractivity contribution in [2.75, 3.05) is 0 Å². The third kappa shape index (κ3) is 2.66. The second-order valence-electron chi connectivity index (χ2n) is 5.07. The van der Waals surface area contributed by atoms with Gasteiger partial charge in [-0.05, 0) is 29.8 Å². The first-order valence-corrected chi connectivity index (χ1v) is 8.01. The molecule has 0 atom stereocenters. The van der Waals surface area contributed by atoms with Gasteiger partial charge in [-0.1, -0.05) is 42.1 Å². The Morgan fingerprint density at radius 2 is 1.65 bits per heavy atom. The van der Waals surface area contributed by atoms with Crippen LogP contribution in [0.15, 0.2) is 87.6 Å². The van der Waals surface area contributed by atoms with Gasteiger partial charge in [-0.3, -0.25) is 9.89 Å². The van der Waals surface area contributed by atoms with Crippen LogP contribution in [-0.4, -0.2) is 14.6 Å². The van der Waals surface area contributed by atoms with Crippen LogP contribution in [0.2, 0.25) is 0 Å².